The number of nitrogens with zero attached hydrogens (tertiary/aromatic N) is 2. The second-order valence-corrected chi connectivity index (χ2v) is 6.90. The van der Waals surface area contributed by atoms with Crippen molar-refractivity contribution in [1.82, 2.24) is 15.4 Å². The fraction of sp³-hybridized carbons (Fsp3) is 0.824. The number of rotatable bonds is 5. The second-order valence-electron chi connectivity index (χ2n) is 6.90. The van der Waals surface area contributed by atoms with Crippen LogP contribution in [0.15, 0.2) is 10.6 Å². The average Bonchev–Trinajstić information content (AvgIpc) is 2.96. The molecule has 1 N–H and O–H groups in total. The first-order valence-corrected chi connectivity index (χ1v) is 8.67. The van der Waals surface area contributed by atoms with E-state index < -0.39 is 0 Å². The molecule has 0 bridgehead atoms. The van der Waals surface area contributed by atoms with Crippen molar-refractivity contribution in [3.63, 3.8) is 0 Å². The molecule has 1 aliphatic heterocycles. The van der Waals surface area contributed by atoms with Crippen molar-refractivity contribution in [3.8, 4) is 0 Å². The Morgan fingerprint density at radius 1 is 1.19 bits per heavy atom. The standard InChI is InChI=1S/C17H29N3O/c1-2-18-13-15-12-16(21-19-15)14-20-10-8-17(9-11-20)6-4-3-5-7-17/h12,18H,2-11,13-14H2,1H3. The van der Waals surface area contributed by atoms with Crippen LogP contribution in [0, 0.1) is 5.41 Å². The van der Waals surface area contributed by atoms with Gasteiger partial charge in [-0.25, -0.2) is 0 Å². The van der Waals surface area contributed by atoms with E-state index in [2.05, 4.69) is 28.4 Å². The summed E-state index contributed by atoms with van der Waals surface area (Å²) in [5.74, 6) is 1.02. The first kappa shape index (κ1) is 15.0. The lowest BCUT2D eigenvalue weighted by Crippen LogP contribution is -2.40. The van der Waals surface area contributed by atoms with E-state index in [1.54, 1.807) is 0 Å². The van der Waals surface area contributed by atoms with Crippen molar-refractivity contribution in [2.75, 3.05) is 19.6 Å². The Morgan fingerprint density at radius 2 is 1.95 bits per heavy atom. The third-order valence-corrected chi connectivity index (χ3v) is 5.37. The summed E-state index contributed by atoms with van der Waals surface area (Å²) < 4.78 is 5.47. The molecular formula is C17H29N3O. The lowest BCUT2D eigenvalue weighted by molar-refractivity contribution is 0.0598. The Labute approximate surface area is 128 Å². The van der Waals surface area contributed by atoms with Gasteiger partial charge in [-0.2, -0.15) is 0 Å². The van der Waals surface area contributed by atoms with E-state index in [0.29, 0.717) is 5.41 Å². The molecule has 0 unspecified atom stereocenters. The van der Waals surface area contributed by atoms with Crippen LogP contribution in [0.4, 0.5) is 0 Å². The maximum atomic E-state index is 5.47. The molecule has 0 amide bonds. The third-order valence-electron chi connectivity index (χ3n) is 5.37. The largest absolute Gasteiger partial charge is 0.360 e. The van der Waals surface area contributed by atoms with Gasteiger partial charge in [0.2, 0.25) is 0 Å². The SMILES string of the molecule is CCNCc1cc(CN2CCC3(CCCCC3)CC2)on1. The molecule has 0 radical (unpaired) electrons. The van der Waals surface area contributed by atoms with Crippen molar-refractivity contribution >= 4 is 0 Å². The zero-order valence-electron chi connectivity index (χ0n) is 13.4. The minimum atomic E-state index is 0.687. The molecule has 1 aliphatic carbocycles. The molecule has 4 heteroatoms. The second kappa shape index (κ2) is 6.93. The minimum absolute atomic E-state index is 0.687. The minimum Gasteiger partial charge on any atom is -0.360 e. The number of hydrogen-bond donors (Lipinski definition) is 1. The van der Waals surface area contributed by atoms with Crippen LogP contribution in [0.5, 0.6) is 0 Å². The maximum Gasteiger partial charge on any atom is 0.151 e. The number of aromatic nitrogens is 1. The smallest absolute Gasteiger partial charge is 0.151 e. The molecule has 2 heterocycles. The van der Waals surface area contributed by atoms with E-state index in [9.17, 15) is 0 Å². The Morgan fingerprint density at radius 3 is 2.67 bits per heavy atom. The molecule has 21 heavy (non-hydrogen) atoms. The molecule has 1 saturated carbocycles. The fourth-order valence-electron chi connectivity index (χ4n) is 3.97. The van der Waals surface area contributed by atoms with Gasteiger partial charge in [-0.15, -0.1) is 0 Å². The predicted octanol–water partition coefficient (Wildman–Crippen LogP) is 3.33. The maximum absolute atomic E-state index is 5.47. The van der Waals surface area contributed by atoms with Crippen molar-refractivity contribution in [3.05, 3.63) is 17.5 Å². The summed E-state index contributed by atoms with van der Waals surface area (Å²) >= 11 is 0. The van der Waals surface area contributed by atoms with Crippen LogP contribution in [0.25, 0.3) is 0 Å². The van der Waals surface area contributed by atoms with E-state index in [4.69, 9.17) is 4.52 Å². The van der Waals surface area contributed by atoms with E-state index >= 15 is 0 Å². The predicted molar refractivity (Wildman–Crippen MR) is 83.9 cm³/mol. The lowest BCUT2D eigenvalue weighted by Gasteiger charge is -2.44. The molecular weight excluding hydrogens is 262 g/mol. The highest BCUT2D eigenvalue weighted by atomic mass is 16.5. The van der Waals surface area contributed by atoms with Crippen molar-refractivity contribution < 1.29 is 4.52 Å². The summed E-state index contributed by atoms with van der Waals surface area (Å²) in [5, 5.41) is 7.42. The van der Waals surface area contributed by atoms with Crippen LogP contribution in [0.3, 0.4) is 0 Å². The summed E-state index contributed by atoms with van der Waals surface area (Å²) in [6.07, 6.45) is 10.1. The molecule has 1 aromatic rings. The van der Waals surface area contributed by atoms with Gasteiger partial charge in [0.05, 0.1) is 12.2 Å². The highest BCUT2D eigenvalue weighted by Gasteiger charge is 2.35. The van der Waals surface area contributed by atoms with Crippen LogP contribution >= 0.6 is 0 Å². The fourth-order valence-corrected chi connectivity index (χ4v) is 3.97. The molecule has 0 aromatic carbocycles. The average molecular weight is 291 g/mol. The Kier molecular flexibility index (Phi) is 4.96. The first-order valence-electron chi connectivity index (χ1n) is 8.67. The summed E-state index contributed by atoms with van der Waals surface area (Å²) in [4.78, 5) is 2.54. The van der Waals surface area contributed by atoms with E-state index in [1.165, 1.54) is 58.0 Å². The molecule has 3 rings (SSSR count). The molecule has 2 aliphatic rings. The summed E-state index contributed by atoms with van der Waals surface area (Å²) in [6, 6.07) is 2.10. The van der Waals surface area contributed by atoms with Crippen molar-refractivity contribution in [1.29, 1.82) is 0 Å². The van der Waals surface area contributed by atoms with Gasteiger partial charge in [-0.3, -0.25) is 4.90 Å². The van der Waals surface area contributed by atoms with Crippen LogP contribution in [0.2, 0.25) is 0 Å². The Bertz CT molecular complexity index is 427. The number of likely N-dealkylation sites (tertiary alicyclic amines) is 1. The third kappa shape index (κ3) is 3.86. The molecule has 1 aromatic heterocycles. The van der Waals surface area contributed by atoms with Gasteiger partial charge in [-0.05, 0) is 50.7 Å². The topological polar surface area (TPSA) is 41.3 Å². The van der Waals surface area contributed by atoms with Gasteiger partial charge < -0.3 is 9.84 Å². The molecule has 1 spiro atoms. The molecule has 118 valence electrons. The highest BCUT2D eigenvalue weighted by Crippen LogP contribution is 2.44. The highest BCUT2D eigenvalue weighted by molar-refractivity contribution is 5.05. The van der Waals surface area contributed by atoms with E-state index in [1.807, 2.05) is 0 Å². The van der Waals surface area contributed by atoms with Gasteiger partial charge in [0.15, 0.2) is 5.76 Å². The van der Waals surface area contributed by atoms with Gasteiger partial charge in [-0.1, -0.05) is 31.3 Å². The zero-order chi connectivity index (χ0) is 14.5. The van der Waals surface area contributed by atoms with E-state index in [0.717, 1.165) is 31.1 Å². The van der Waals surface area contributed by atoms with Gasteiger partial charge in [0.1, 0.15) is 0 Å². The summed E-state index contributed by atoms with van der Waals surface area (Å²) in [6.45, 7) is 7.26. The summed E-state index contributed by atoms with van der Waals surface area (Å²) in [7, 11) is 0. The van der Waals surface area contributed by atoms with E-state index in [-0.39, 0.29) is 0 Å². The van der Waals surface area contributed by atoms with Crippen molar-refractivity contribution in [2.45, 2.75) is 65.0 Å². The molecule has 0 atom stereocenters. The number of hydrogen-bond acceptors (Lipinski definition) is 4. The molecule has 4 nitrogen and oxygen atoms in total. The van der Waals surface area contributed by atoms with Crippen molar-refractivity contribution in [2.24, 2.45) is 5.41 Å². The van der Waals surface area contributed by atoms with Gasteiger partial charge >= 0.3 is 0 Å². The quantitative estimate of drug-likeness (QED) is 0.903. The zero-order valence-corrected chi connectivity index (χ0v) is 13.4. The Balaban J connectivity index is 1.47. The van der Waals surface area contributed by atoms with Crippen LogP contribution in [-0.4, -0.2) is 29.7 Å². The number of piperidine rings is 1. The Hall–Kier alpha value is -0.870. The molecule has 1 saturated heterocycles. The van der Waals surface area contributed by atoms with Crippen LogP contribution < -0.4 is 5.32 Å². The number of nitrogens with one attached hydrogen (secondary N) is 1. The van der Waals surface area contributed by atoms with Crippen LogP contribution in [0.1, 0.15) is 63.3 Å². The first-order chi connectivity index (χ1) is 10.3. The normalized spacial score (nSPS) is 22.7. The monoisotopic (exact) mass is 291 g/mol. The van der Waals surface area contributed by atoms with Gasteiger partial charge in [0, 0.05) is 12.6 Å². The van der Waals surface area contributed by atoms with Gasteiger partial charge in [0.25, 0.3) is 0 Å². The lowest BCUT2D eigenvalue weighted by atomic mass is 9.68. The summed E-state index contributed by atoms with van der Waals surface area (Å²) in [5.41, 5.74) is 1.71. The van der Waals surface area contributed by atoms with Crippen LogP contribution in [-0.2, 0) is 13.1 Å². The molecule has 2 fully saturated rings.